The van der Waals surface area contributed by atoms with Gasteiger partial charge in [-0.05, 0) is 38.1 Å². The fourth-order valence-corrected chi connectivity index (χ4v) is 4.24. The molecule has 1 aliphatic heterocycles. The molecular weight excluding hydrogens is 288 g/mol. The van der Waals surface area contributed by atoms with E-state index in [4.69, 9.17) is 4.74 Å². The van der Waals surface area contributed by atoms with Gasteiger partial charge in [-0.1, -0.05) is 12.8 Å². The van der Waals surface area contributed by atoms with Crippen LogP contribution in [0.4, 0.5) is 0 Å². The second kappa shape index (κ2) is 7.24. The molecule has 0 aliphatic carbocycles. The van der Waals surface area contributed by atoms with E-state index in [-0.39, 0.29) is 0 Å². The van der Waals surface area contributed by atoms with Gasteiger partial charge in [0.25, 0.3) is 0 Å². The molecular formula is C15H24N2O3S. The minimum Gasteiger partial charge on any atom is -0.496 e. The van der Waals surface area contributed by atoms with Crippen LogP contribution in [-0.4, -0.2) is 40.0 Å². The molecule has 0 saturated carbocycles. The van der Waals surface area contributed by atoms with Crippen LogP contribution in [-0.2, 0) is 16.6 Å². The predicted molar refractivity (Wildman–Crippen MR) is 83.0 cm³/mol. The molecule has 6 heteroatoms. The number of nitrogens with zero attached hydrogens (tertiary/aromatic N) is 1. The third kappa shape index (κ3) is 3.75. The molecule has 1 heterocycles. The zero-order chi connectivity index (χ0) is 15.3. The van der Waals surface area contributed by atoms with E-state index in [0.29, 0.717) is 30.3 Å². The van der Waals surface area contributed by atoms with E-state index in [2.05, 4.69) is 5.32 Å². The summed E-state index contributed by atoms with van der Waals surface area (Å²) in [7, 11) is 0.0223. The lowest BCUT2D eigenvalue weighted by atomic mass is 10.2. The molecule has 0 spiro atoms. The van der Waals surface area contributed by atoms with Crippen molar-refractivity contribution in [3.05, 3.63) is 23.8 Å². The highest BCUT2D eigenvalue weighted by atomic mass is 32.2. The van der Waals surface area contributed by atoms with E-state index in [1.807, 2.05) is 7.05 Å². The first-order valence-corrected chi connectivity index (χ1v) is 8.85. The maximum absolute atomic E-state index is 12.8. The first-order valence-electron chi connectivity index (χ1n) is 7.41. The van der Waals surface area contributed by atoms with Crippen LogP contribution in [0.25, 0.3) is 0 Å². The molecule has 1 fully saturated rings. The molecule has 0 atom stereocenters. The zero-order valence-corrected chi connectivity index (χ0v) is 13.6. The summed E-state index contributed by atoms with van der Waals surface area (Å²) in [5.41, 5.74) is 0.857. The highest BCUT2D eigenvalue weighted by Gasteiger charge is 2.25. The van der Waals surface area contributed by atoms with Crippen LogP contribution < -0.4 is 10.1 Å². The molecule has 0 bridgehead atoms. The Morgan fingerprint density at radius 1 is 1.19 bits per heavy atom. The first-order chi connectivity index (χ1) is 10.1. The molecule has 1 saturated heterocycles. The molecule has 0 amide bonds. The quantitative estimate of drug-likeness (QED) is 0.903. The van der Waals surface area contributed by atoms with Gasteiger partial charge in [0.05, 0.1) is 12.0 Å². The second-order valence-electron chi connectivity index (χ2n) is 5.32. The third-order valence-electron chi connectivity index (χ3n) is 3.82. The number of hydrogen-bond acceptors (Lipinski definition) is 4. The maximum Gasteiger partial charge on any atom is 0.243 e. The Balaban J connectivity index is 2.32. The number of benzene rings is 1. The molecule has 0 unspecified atom stereocenters. The van der Waals surface area contributed by atoms with Gasteiger partial charge in [0.2, 0.25) is 10.0 Å². The summed E-state index contributed by atoms with van der Waals surface area (Å²) >= 11 is 0. The molecule has 0 aromatic heterocycles. The van der Waals surface area contributed by atoms with Crippen LogP contribution in [0.15, 0.2) is 23.1 Å². The van der Waals surface area contributed by atoms with Crippen molar-refractivity contribution in [1.82, 2.24) is 9.62 Å². The average Bonchev–Trinajstić information content (AvgIpc) is 2.77. The zero-order valence-electron chi connectivity index (χ0n) is 12.8. The summed E-state index contributed by atoms with van der Waals surface area (Å²) in [5, 5.41) is 3.04. The second-order valence-corrected chi connectivity index (χ2v) is 7.26. The Morgan fingerprint density at radius 3 is 2.43 bits per heavy atom. The van der Waals surface area contributed by atoms with E-state index in [1.54, 1.807) is 29.6 Å². The SMILES string of the molecule is CNCc1cc(S(=O)(=O)N2CCCCCC2)ccc1OC. The molecule has 1 aromatic rings. The summed E-state index contributed by atoms with van der Waals surface area (Å²) in [5.74, 6) is 0.708. The van der Waals surface area contributed by atoms with Crippen molar-refractivity contribution < 1.29 is 13.2 Å². The Kier molecular flexibility index (Phi) is 5.61. The van der Waals surface area contributed by atoms with Crippen LogP contribution in [0.1, 0.15) is 31.2 Å². The summed E-state index contributed by atoms with van der Waals surface area (Å²) in [6.07, 6.45) is 4.11. The number of methoxy groups -OCH3 is 1. The predicted octanol–water partition coefficient (Wildman–Crippen LogP) is 1.98. The number of ether oxygens (including phenoxy) is 1. The number of nitrogens with one attached hydrogen (secondary N) is 1. The van der Waals surface area contributed by atoms with Gasteiger partial charge in [0.15, 0.2) is 0 Å². The highest BCUT2D eigenvalue weighted by molar-refractivity contribution is 7.89. The normalized spacial score (nSPS) is 17.4. The Labute approximate surface area is 127 Å². The van der Waals surface area contributed by atoms with Crippen molar-refractivity contribution in [3.8, 4) is 5.75 Å². The minimum absolute atomic E-state index is 0.357. The number of sulfonamides is 1. The monoisotopic (exact) mass is 312 g/mol. The van der Waals surface area contributed by atoms with Crippen LogP contribution in [0.2, 0.25) is 0 Å². The number of hydrogen-bond donors (Lipinski definition) is 1. The Morgan fingerprint density at radius 2 is 1.86 bits per heavy atom. The van der Waals surface area contributed by atoms with E-state index >= 15 is 0 Å². The summed E-state index contributed by atoms with van der Waals surface area (Å²) in [4.78, 5) is 0.357. The standard InChI is InChI=1S/C15H24N2O3S/c1-16-12-13-11-14(7-8-15(13)20-2)21(18,19)17-9-5-3-4-6-10-17/h7-8,11,16H,3-6,9-10,12H2,1-2H3. The molecule has 5 nitrogen and oxygen atoms in total. The van der Waals surface area contributed by atoms with Crippen molar-refractivity contribution in [1.29, 1.82) is 0 Å². The van der Waals surface area contributed by atoms with Crippen molar-refractivity contribution in [2.24, 2.45) is 0 Å². The van der Waals surface area contributed by atoms with Gasteiger partial charge >= 0.3 is 0 Å². The van der Waals surface area contributed by atoms with Gasteiger partial charge in [-0.15, -0.1) is 0 Å². The van der Waals surface area contributed by atoms with Gasteiger partial charge in [0.1, 0.15) is 5.75 Å². The Bertz CT molecular complexity index is 564. The summed E-state index contributed by atoms with van der Waals surface area (Å²) in [6.45, 7) is 1.82. The lowest BCUT2D eigenvalue weighted by molar-refractivity contribution is 0.407. The van der Waals surface area contributed by atoms with Crippen molar-refractivity contribution in [2.45, 2.75) is 37.1 Å². The third-order valence-corrected chi connectivity index (χ3v) is 5.72. The van der Waals surface area contributed by atoms with Gasteiger partial charge in [0, 0.05) is 25.2 Å². The van der Waals surface area contributed by atoms with Gasteiger partial charge in [-0.3, -0.25) is 0 Å². The summed E-state index contributed by atoms with van der Waals surface area (Å²) < 4.78 is 32.4. The maximum atomic E-state index is 12.8. The van der Waals surface area contributed by atoms with E-state index in [0.717, 1.165) is 31.2 Å². The average molecular weight is 312 g/mol. The first kappa shape index (κ1) is 16.3. The Hall–Kier alpha value is -1.11. The van der Waals surface area contributed by atoms with Crippen LogP contribution in [0.5, 0.6) is 5.75 Å². The van der Waals surface area contributed by atoms with Crippen LogP contribution >= 0.6 is 0 Å². The van der Waals surface area contributed by atoms with Gasteiger partial charge in [-0.25, -0.2) is 8.42 Å². The van der Waals surface area contributed by atoms with Crippen molar-refractivity contribution >= 4 is 10.0 Å². The lowest BCUT2D eigenvalue weighted by Crippen LogP contribution is -2.32. The fraction of sp³-hybridized carbons (Fsp3) is 0.600. The lowest BCUT2D eigenvalue weighted by Gasteiger charge is -2.20. The molecule has 1 aliphatic rings. The summed E-state index contributed by atoms with van der Waals surface area (Å²) in [6, 6.07) is 5.09. The van der Waals surface area contributed by atoms with Crippen LogP contribution in [0.3, 0.4) is 0 Å². The highest BCUT2D eigenvalue weighted by Crippen LogP contribution is 2.26. The molecule has 1 aromatic carbocycles. The molecule has 118 valence electrons. The van der Waals surface area contributed by atoms with Crippen molar-refractivity contribution in [3.63, 3.8) is 0 Å². The molecule has 1 N–H and O–H groups in total. The number of rotatable bonds is 5. The fourth-order valence-electron chi connectivity index (χ4n) is 2.68. The molecule has 0 radical (unpaired) electrons. The van der Waals surface area contributed by atoms with Crippen molar-refractivity contribution in [2.75, 3.05) is 27.2 Å². The largest absolute Gasteiger partial charge is 0.496 e. The van der Waals surface area contributed by atoms with Gasteiger partial charge < -0.3 is 10.1 Å². The molecule has 21 heavy (non-hydrogen) atoms. The smallest absolute Gasteiger partial charge is 0.243 e. The van der Waals surface area contributed by atoms with Gasteiger partial charge in [-0.2, -0.15) is 4.31 Å². The van der Waals surface area contributed by atoms with E-state index in [1.165, 1.54) is 0 Å². The van der Waals surface area contributed by atoms with E-state index < -0.39 is 10.0 Å². The van der Waals surface area contributed by atoms with E-state index in [9.17, 15) is 8.42 Å². The topological polar surface area (TPSA) is 58.6 Å². The van der Waals surface area contributed by atoms with Crippen LogP contribution in [0, 0.1) is 0 Å². The minimum atomic E-state index is -3.40. The molecule has 2 rings (SSSR count).